The second-order valence-corrected chi connectivity index (χ2v) is 5.22. The number of rotatable bonds is 4. The van der Waals surface area contributed by atoms with Crippen LogP contribution in [0.5, 0.6) is 0 Å². The van der Waals surface area contributed by atoms with Crippen molar-refractivity contribution in [2.75, 3.05) is 11.0 Å². The molecule has 1 heterocycles. The fraction of sp³-hybridized carbons (Fsp3) is 0.375. The lowest BCUT2D eigenvalue weighted by Gasteiger charge is -2.07. The summed E-state index contributed by atoms with van der Waals surface area (Å²) in [5.41, 5.74) is 0. The molecule has 0 saturated carbocycles. The maximum absolute atomic E-state index is 11.4. The van der Waals surface area contributed by atoms with E-state index >= 15 is 0 Å². The predicted octanol–water partition coefficient (Wildman–Crippen LogP) is 1.93. The second kappa shape index (κ2) is 5.89. The molecule has 0 aliphatic carbocycles. The number of hydrogen-bond donors (Lipinski definition) is 2. The topological polar surface area (TPSA) is 49.3 Å². The second-order valence-electron chi connectivity index (χ2n) is 2.62. The summed E-state index contributed by atoms with van der Waals surface area (Å²) in [6.07, 6.45) is -0.491. The van der Waals surface area contributed by atoms with E-state index in [-0.39, 0.29) is 12.5 Å². The van der Waals surface area contributed by atoms with E-state index in [0.29, 0.717) is 13.6 Å². The van der Waals surface area contributed by atoms with Crippen molar-refractivity contribution in [1.82, 2.24) is 5.32 Å². The Bertz CT molecular complexity index is 318. The summed E-state index contributed by atoms with van der Waals surface area (Å²) in [6.45, 7) is 0.275. The third-order valence-corrected chi connectivity index (χ3v) is 3.72. The number of carbonyl (C=O) groups is 1. The Balaban J connectivity index is 2.43. The molecule has 3 nitrogen and oxygen atoms in total. The number of nitrogens with one attached hydrogen (secondary N) is 1. The molecule has 1 atom stereocenters. The van der Waals surface area contributed by atoms with Crippen molar-refractivity contribution < 1.29 is 9.90 Å². The van der Waals surface area contributed by atoms with Crippen LogP contribution in [0.4, 0.5) is 0 Å². The SMILES string of the molecule is O=C(NCC(O)CI)c1ccc(Cl)s1. The highest BCUT2D eigenvalue weighted by atomic mass is 127. The molecule has 0 fully saturated rings. The fourth-order valence-corrected chi connectivity index (χ4v) is 2.06. The van der Waals surface area contributed by atoms with Gasteiger partial charge >= 0.3 is 0 Å². The minimum Gasteiger partial charge on any atom is -0.390 e. The van der Waals surface area contributed by atoms with Crippen LogP contribution in [0.15, 0.2) is 12.1 Å². The number of alkyl halides is 1. The highest BCUT2D eigenvalue weighted by molar-refractivity contribution is 14.1. The fourth-order valence-electron chi connectivity index (χ4n) is 0.789. The first kappa shape index (κ1) is 12.2. The predicted molar refractivity (Wildman–Crippen MR) is 66.6 cm³/mol. The Morgan fingerprint density at radius 1 is 1.71 bits per heavy atom. The minimum absolute atomic E-state index is 0.189. The Hall–Kier alpha value is 0.150. The number of hydrogen-bond acceptors (Lipinski definition) is 3. The molecule has 1 aromatic rings. The van der Waals surface area contributed by atoms with Crippen LogP contribution >= 0.6 is 45.5 Å². The molecule has 1 unspecified atom stereocenters. The van der Waals surface area contributed by atoms with Crippen LogP contribution in [0.3, 0.4) is 0 Å². The maximum atomic E-state index is 11.4. The van der Waals surface area contributed by atoms with Gasteiger partial charge in [-0.2, -0.15) is 0 Å². The zero-order chi connectivity index (χ0) is 10.6. The summed E-state index contributed by atoms with van der Waals surface area (Å²) in [4.78, 5) is 12.0. The maximum Gasteiger partial charge on any atom is 0.261 e. The van der Waals surface area contributed by atoms with E-state index < -0.39 is 6.10 Å². The molecule has 6 heteroatoms. The molecule has 1 aromatic heterocycles. The number of thiophene rings is 1. The van der Waals surface area contributed by atoms with Crippen LogP contribution in [-0.2, 0) is 0 Å². The molecule has 0 radical (unpaired) electrons. The summed E-state index contributed by atoms with van der Waals surface area (Å²) < 4.78 is 1.19. The van der Waals surface area contributed by atoms with E-state index in [0.717, 1.165) is 0 Å². The third-order valence-electron chi connectivity index (χ3n) is 1.47. The van der Waals surface area contributed by atoms with Crippen molar-refractivity contribution in [1.29, 1.82) is 0 Å². The molecule has 0 aliphatic heterocycles. The average Bonchev–Trinajstić information content (AvgIpc) is 2.60. The monoisotopic (exact) mass is 345 g/mol. The number of halogens is 2. The van der Waals surface area contributed by atoms with Gasteiger partial charge in [0, 0.05) is 11.0 Å². The first-order valence-electron chi connectivity index (χ1n) is 3.91. The van der Waals surface area contributed by atoms with Gasteiger partial charge in [-0.15, -0.1) is 11.3 Å². The molecule has 78 valence electrons. The molecule has 0 spiro atoms. The van der Waals surface area contributed by atoms with Crippen molar-refractivity contribution in [2.45, 2.75) is 6.10 Å². The minimum atomic E-state index is -0.491. The lowest BCUT2D eigenvalue weighted by atomic mass is 10.4. The van der Waals surface area contributed by atoms with Gasteiger partial charge in [-0.3, -0.25) is 4.79 Å². The molecule has 14 heavy (non-hydrogen) atoms. The van der Waals surface area contributed by atoms with Crippen LogP contribution in [0.1, 0.15) is 9.67 Å². The van der Waals surface area contributed by atoms with Gasteiger partial charge < -0.3 is 10.4 Å². The standard InChI is InChI=1S/C8H9ClINO2S/c9-7-2-1-6(14-7)8(13)11-4-5(12)3-10/h1-2,5,12H,3-4H2,(H,11,13). The zero-order valence-corrected chi connectivity index (χ0v) is 10.9. The summed E-state index contributed by atoms with van der Waals surface area (Å²) >= 11 is 8.97. The van der Waals surface area contributed by atoms with Crippen molar-refractivity contribution >= 4 is 51.4 Å². The molecule has 2 N–H and O–H groups in total. The van der Waals surface area contributed by atoms with E-state index in [4.69, 9.17) is 11.6 Å². The van der Waals surface area contributed by atoms with Gasteiger partial charge in [0.2, 0.25) is 0 Å². The quantitative estimate of drug-likeness (QED) is 0.647. The van der Waals surface area contributed by atoms with Gasteiger partial charge in [0.25, 0.3) is 5.91 Å². The van der Waals surface area contributed by atoms with Gasteiger partial charge in [-0.05, 0) is 12.1 Å². The number of amides is 1. The van der Waals surface area contributed by atoms with E-state index in [1.165, 1.54) is 11.3 Å². The van der Waals surface area contributed by atoms with Crippen LogP contribution in [0, 0.1) is 0 Å². The number of aliphatic hydroxyl groups excluding tert-OH is 1. The van der Waals surface area contributed by atoms with Gasteiger partial charge in [-0.25, -0.2) is 0 Å². The van der Waals surface area contributed by atoms with E-state index in [2.05, 4.69) is 27.9 Å². The molecule has 0 aliphatic rings. The summed E-state index contributed by atoms with van der Waals surface area (Å²) in [6, 6.07) is 3.34. The Kier molecular flexibility index (Phi) is 5.14. The molecule has 1 rings (SSSR count). The van der Waals surface area contributed by atoms with Gasteiger partial charge in [0.05, 0.1) is 15.3 Å². The van der Waals surface area contributed by atoms with Gasteiger partial charge in [0.15, 0.2) is 0 Å². The Labute approximate surface area is 105 Å². The van der Waals surface area contributed by atoms with Crippen LogP contribution in [0.2, 0.25) is 4.34 Å². The van der Waals surface area contributed by atoms with Gasteiger partial charge in [-0.1, -0.05) is 34.2 Å². The van der Waals surface area contributed by atoms with E-state index in [1.807, 2.05) is 0 Å². The smallest absolute Gasteiger partial charge is 0.261 e. The van der Waals surface area contributed by atoms with Crippen molar-refractivity contribution in [2.24, 2.45) is 0 Å². The number of aliphatic hydroxyl groups is 1. The van der Waals surface area contributed by atoms with Crippen molar-refractivity contribution in [3.63, 3.8) is 0 Å². The molecular formula is C8H9ClINO2S. The first-order valence-corrected chi connectivity index (χ1v) is 6.63. The molecular weight excluding hydrogens is 337 g/mol. The lowest BCUT2D eigenvalue weighted by Crippen LogP contribution is -2.32. The zero-order valence-electron chi connectivity index (χ0n) is 7.17. The van der Waals surface area contributed by atoms with Crippen LogP contribution in [0.25, 0.3) is 0 Å². The average molecular weight is 346 g/mol. The summed E-state index contributed by atoms with van der Waals surface area (Å²) in [7, 11) is 0. The largest absolute Gasteiger partial charge is 0.390 e. The van der Waals surface area contributed by atoms with Crippen LogP contribution < -0.4 is 5.32 Å². The molecule has 0 saturated heterocycles. The lowest BCUT2D eigenvalue weighted by molar-refractivity contribution is 0.0931. The molecule has 0 aromatic carbocycles. The first-order chi connectivity index (χ1) is 6.63. The summed E-state index contributed by atoms with van der Waals surface area (Å²) in [5.74, 6) is -0.189. The van der Waals surface area contributed by atoms with E-state index in [9.17, 15) is 9.90 Å². The van der Waals surface area contributed by atoms with Gasteiger partial charge in [0.1, 0.15) is 0 Å². The van der Waals surface area contributed by atoms with Crippen molar-refractivity contribution in [3.8, 4) is 0 Å². The summed E-state index contributed by atoms with van der Waals surface area (Å²) in [5, 5.41) is 11.8. The Morgan fingerprint density at radius 2 is 2.43 bits per heavy atom. The van der Waals surface area contributed by atoms with Crippen LogP contribution in [-0.4, -0.2) is 28.1 Å². The highest BCUT2D eigenvalue weighted by Crippen LogP contribution is 2.20. The molecule has 0 bridgehead atoms. The molecule has 1 amide bonds. The van der Waals surface area contributed by atoms with E-state index in [1.54, 1.807) is 12.1 Å². The normalized spacial score (nSPS) is 12.5. The van der Waals surface area contributed by atoms with Crippen molar-refractivity contribution in [3.05, 3.63) is 21.3 Å². The highest BCUT2D eigenvalue weighted by Gasteiger charge is 2.09. The Morgan fingerprint density at radius 3 is 2.93 bits per heavy atom. The third kappa shape index (κ3) is 3.72. The number of carbonyl (C=O) groups excluding carboxylic acids is 1.